The Labute approximate surface area is 231 Å². The minimum Gasteiger partial charge on any atom is -0.481 e. The fourth-order valence-electron chi connectivity index (χ4n) is 9.75. The molecule has 4 aliphatic carbocycles. The summed E-state index contributed by atoms with van der Waals surface area (Å²) < 4.78 is 11.0. The van der Waals surface area contributed by atoms with E-state index in [-0.39, 0.29) is 29.4 Å². The first-order valence-electron chi connectivity index (χ1n) is 14.9. The number of carboxylic acids is 1. The highest BCUT2D eigenvalue weighted by molar-refractivity contribution is 5.66. The molecule has 9 atom stereocenters. The third kappa shape index (κ3) is 5.28. The Morgan fingerprint density at radius 3 is 2.41 bits per heavy atom. The maximum Gasteiger partial charge on any atom is 0.514 e. The van der Waals surface area contributed by atoms with Gasteiger partial charge in [-0.2, -0.15) is 0 Å². The Morgan fingerprint density at radius 1 is 1.03 bits per heavy atom. The van der Waals surface area contributed by atoms with Crippen LogP contribution in [-0.4, -0.2) is 28.3 Å². The summed E-state index contributed by atoms with van der Waals surface area (Å²) in [7, 11) is 0. The topological polar surface area (TPSA) is 116 Å². The molecule has 1 N–H and O–H groups in total. The van der Waals surface area contributed by atoms with E-state index in [1.807, 2.05) is 0 Å². The van der Waals surface area contributed by atoms with Gasteiger partial charge in [0.15, 0.2) is 0 Å². The molecule has 1 aromatic rings. The molecule has 0 unspecified atom stereocenters. The maximum atomic E-state index is 12.5. The van der Waals surface area contributed by atoms with Crippen molar-refractivity contribution in [1.29, 1.82) is 0 Å². The normalized spacial score (nSPS) is 38.0. The first-order chi connectivity index (χ1) is 18.5. The molecule has 0 aliphatic heterocycles. The average Bonchev–Trinajstić information content (AvgIpc) is 3.25. The summed E-state index contributed by atoms with van der Waals surface area (Å²) in [6.07, 6.45) is 10.3. The number of rotatable bonds is 7. The number of benzene rings is 1. The zero-order chi connectivity index (χ0) is 27.9. The van der Waals surface area contributed by atoms with Gasteiger partial charge >= 0.3 is 12.1 Å². The summed E-state index contributed by atoms with van der Waals surface area (Å²) in [5.74, 6) is 3.34. The Hall–Kier alpha value is -2.64. The molecule has 0 amide bonds. The lowest BCUT2D eigenvalue weighted by Crippen LogP contribution is -2.54. The third-order valence-corrected chi connectivity index (χ3v) is 11.7. The number of non-ortho nitro benzene ring substituents is 1. The van der Waals surface area contributed by atoms with Gasteiger partial charge in [0.1, 0.15) is 11.9 Å². The number of aliphatic carboxylic acids is 1. The number of nitro benzene ring substituents is 1. The minimum atomic E-state index is -0.742. The average molecular weight is 542 g/mol. The maximum absolute atomic E-state index is 12.5. The van der Waals surface area contributed by atoms with E-state index >= 15 is 0 Å². The molecule has 0 bridgehead atoms. The second kappa shape index (κ2) is 10.7. The number of fused-ring (bicyclic) bond motifs is 5. The van der Waals surface area contributed by atoms with Crippen LogP contribution in [0.2, 0.25) is 0 Å². The Morgan fingerprint density at radius 2 is 1.72 bits per heavy atom. The van der Waals surface area contributed by atoms with Crippen LogP contribution in [0.5, 0.6) is 5.75 Å². The molecule has 39 heavy (non-hydrogen) atoms. The smallest absolute Gasteiger partial charge is 0.481 e. The van der Waals surface area contributed by atoms with E-state index in [2.05, 4.69) is 20.8 Å². The van der Waals surface area contributed by atoms with Gasteiger partial charge in [-0.3, -0.25) is 14.9 Å². The van der Waals surface area contributed by atoms with E-state index in [9.17, 15) is 24.8 Å². The molecule has 4 aliphatic rings. The summed E-state index contributed by atoms with van der Waals surface area (Å²) in [6, 6.07) is 5.45. The number of carbonyl (C=O) groups excluding carboxylic acids is 1. The monoisotopic (exact) mass is 541 g/mol. The summed E-state index contributed by atoms with van der Waals surface area (Å²) >= 11 is 0. The number of nitrogens with zero attached hydrogens (tertiary/aromatic N) is 1. The molecule has 8 heteroatoms. The second-order valence-electron chi connectivity index (χ2n) is 13.4. The van der Waals surface area contributed by atoms with Crippen molar-refractivity contribution in [2.75, 3.05) is 0 Å². The van der Waals surface area contributed by atoms with Crippen molar-refractivity contribution in [2.24, 2.45) is 46.3 Å². The highest BCUT2D eigenvalue weighted by Crippen LogP contribution is 2.68. The van der Waals surface area contributed by atoms with Crippen LogP contribution < -0.4 is 4.74 Å². The van der Waals surface area contributed by atoms with Crippen LogP contribution >= 0.6 is 0 Å². The number of hydrogen-bond acceptors (Lipinski definition) is 6. The molecule has 8 nitrogen and oxygen atoms in total. The van der Waals surface area contributed by atoms with Crippen molar-refractivity contribution in [3.8, 4) is 5.75 Å². The van der Waals surface area contributed by atoms with Gasteiger partial charge < -0.3 is 14.6 Å². The van der Waals surface area contributed by atoms with Crippen LogP contribution in [0.3, 0.4) is 0 Å². The van der Waals surface area contributed by atoms with Gasteiger partial charge in [0.2, 0.25) is 0 Å². The van der Waals surface area contributed by atoms with Crippen molar-refractivity contribution >= 4 is 17.8 Å². The Bertz CT molecular complexity index is 1090. The lowest BCUT2D eigenvalue weighted by atomic mass is 9.44. The molecule has 4 saturated carbocycles. The molecule has 1 aromatic carbocycles. The van der Waals surface area contributed by atoms with Crippen molar-refractivity contribution < 1.29 is 29.1 Å². The molecule has 0 spiro atoms. The first kappa shape index (κ1) is 27.9. The summed E-state index contributed by atoms with van der Waals surface area (Å²) in [5, 5.41) is 20.0. The van der Waals surface area contributed by atoms with Gasteiger partial charge in [-0.15, -0.1) is 0 Å². The van der Waals surface area contributed by atoms with Gasteiger partial charge in [0, 0.05) is 18.6 Å². The van der Waals surface area contributed by atoms with E-state index in [1.54, 1.807) is 0 Å². The molecule has 0 radical (unpaired) electrons. The molecule has 0 heterocycles. The van der Waals surface area contributed by atoms with Crippen LogP contribution in [0.15, 0.2) is 24.3 Å². The van der Waals surface area contributed by atoms with E-state index < -0.39 is 17.0 Å². The highest BCUT2D eigenvalue weighted by atomic mass is 16.7. The van der Waals surface area contributed by atoms with Gasteiger partial charge in [-0.25, -0.2) is 4.79 Å². The number of nitro groups is 1. The fraction of sp³-hybridized carbons (Fsp3) is 0.742. The SMILES string of the molecule is C[C@H](CCC(=O)O)[C@H]1CC[C@H]2[C@@H]3CC[C@@H]4C[C@H](OC(=O)Oc5ccc([N+](=O)[O-])cc5)CC[C@]4(C)[C@H]3CC[C@]12C. The number of hydrogen-bond donors (Lipinski definition) is 1. The predicted molar refractivity (Wildman–Crippen MR) is 145 cm³/mol. The van der Waals surface area contributed by atoms with Crippen molar-refractivity contribution in [3.63, 3.8) is 0 Å². The predicted octanol–water partition coefficient (Wildman–Crippen LogP) is 7.64. The Balaban J connectivity index is 1.19. The zero-order valence-corrected chi connectivity index (χ0v) is 23.5. The summed E-state index contributed by atoms with van der Waals surface area (Å²) in [4.78, 5) is 34.0. The highest BCUT2D eigenvalue weighted by Gasteiger charge is 2.60. The molecule has 0 saturated heterocycles. The van der Waals surface area contributed by atoms with Crippen LogP contribution in [0.4, 0.5) is 10.5 Å². The molecular weight excluding hydrogens is 498 g/mol. The van der Waals surface area contributed by atoms with Crippen molar-refractivity contribution in [2.45, 2.75) is 97.5 Å². The summed E-state index contributed by atoms with van der Waals surface area (Å²) in [5.41, 5.74) is 0.533. The van der Waals surface area contributed by atoms with Crippen molar-refractivity contribution in [3.05, 3.63) is 34.4 Å². The fourth-order valence-corrected chi connectivity index (χ4v) is 9.75. The van der Waals surface area contributed by atoms with Gasteiger partial charge in [-0.05, 0) is 123 Å². The molecule has 4 fully saturated rings. The van der Waals surface area contributed by atoms with Crippen LogP contribution in [0.25, 0.3) is 0 Å². The lowest BCUT2D eigenvalue weighted by molar-refractivity contribution is -0.384. The summed E-state index contributed by atoms with van der Waals surface area (Å²) in [6.45, 7) is 7.28. The minimum absolute atomic E-state index is 0.0539. The quantitative estimate of drug-likeness (QED) is 0.163. The molecule has 5 rings (SSSR count). The van der Waals surface area contributed by atoms with Crippen molar-refractivity contribution in [1.82, 2.24) is 0 Å². The van der Waals surface area contributed by atoms with Crippen LogP contribution in [0.1, 0.15) is 91.4 Å². The lowest BCUT2D eigenvalue weighted by Gasteiger charge is -2.61. The van der Waals surface area contributed by atoms with Gasteiger partial charge in [0.25, 0.3) is 5.69 Å². The molecular formula is C31H43NO7. The van der Waals surface area contributed by atoms with E-state index in [0.29, 0.717) is 29.1 Å². The number of ether oxygens (including phenoxy) is 2. The number of carbonyl (C=O) groups is 2. The standard InChI is InChI=1S/C31H43NO7/c1-19(4-13-28(33)34)25-11-12-26-24-10-5-20-18-23(14-16-30(20,2)27(24)15-17-31(25,26)3)39-29(35)38-22-8-6-21(7-9-22)32(36)37/h6-9,19-20,23-27H,4-5,10-18H2,1-3H3,(H,33,34)/t19-,20-,23-,24+,25-,26+,27+,30+,31-/m1/s1. The largest absolute Gasteiger partial charge is 0.514 e. The molecule has 214 valence electrons. The van der Waals surface area contributed by atoms with Crippen LogP contribution in [-0.2, 0) is 9.53 Å². The Kier molecular flexibility index (Phi) is 7.68. The second-order valence-corrected chi connectivity index (χ2v) is 13.4. The first-order valence-corrected chi connectivity index (χ1v) is 14.9. The third-order valence-electron chi connectivity index (χ3n) is 11.7. The molecule has 0 aromatic heterocycles. The van der Waals surface area contributed by atoms with Gasteiger partial charge in [-0.1, -0.05) is 20.8 Å². The van der Waals surface area contributed by atoms with Crippen LogP contribution in [0, 0.1) is 56.5 Å². The van der Waals surface area contributed by atoms with Gasteiger partial charge in [0.05, 0.1) is 4.92 Å². The zero-order valence-electron chi connectivity index (χ0n) is 23.5. The number of carboxylic acid groups (broad SMARTS) is 1. The van der Waals surface area contributed by atoms with E-state index in [0.717, 1.165) is 37.5 Å². The van der Waals surface area contributed by atoms with E-state index in [4.69, 9.17) is 9.47 Å². The van der Waals surface area contributed by atoms with E-state index in [1.165, 1.54) is 62.8 Å².